The van der Waals surface area contributed by atoms with Gasteiger partial charge in [0.15, 0.2) is 0 Å². The summed E-state index contributed by atoms with van der Waals surface area (Å²) in [5.74, 6) is -1.23. The second-order valence-corrected chi connectivity index (χ2v) is 12.2. The highest BCUT2D eigenvalue weighted by Crippen LogP contribution is 2.27. The quantitative estimate of drug-likeness (QED) is 0.340. The van der Waals surface area contributed by atoms with Crippen LogP contribution in [0.15, 0.2) is 46.5 Å². The molecule has 0 aliphatic carbocycles. The SMILES string of the molecule is CC.CC.Cn1c(S(C)(=O)=O)nc2cnc3c(cc(C(=O)NCc4ccc(Cl)cc4)c(=O)n3CC(=O)N3CC(C)(F)C3)c21. The number of fused-ring (bicyclic) bond motifs is 3. The van der Waals surface area contributed by atoms with Crippen molar-refractivity contribution in [2.45, 2.75) is 58.5 Å². The molecule has 0 unspecified atom stereocenters. The zero-order chi connectivity index (χ0) is 32.3. The fourth-order valence-corrected chi connectivity index (χ4v) is 5.66. The van der Waals surface area contributed by atoms with Gasteiger partial charge in [0.1, 0.15) is 28.9 Å². The second-order valence-electron chi connectivity index (χ2n) is 9.88. The maximum Gasteiger partial charge on any atom is 0.265 e. The summed E-state index contributed by atoms with van der Waals surface area (Å²) in [6.45, 7) is 8.76. The monoisotopic (exact) mass is 634 g/mol. The van der Waals surface area contributed by atoms with E-state index >= 15 is 0 Å². The van der Waals surface area contributed by atoms with Crippen LogP contribution in [0.3, 0.4) is 0 Å². The van der Waals surface area contributed by atoms with E-state index in [0.29, 0.717) is 10.5 Å². The Kier molecular flexibility index (Phi) is 10.3. The molecule has 0 saturated carbocycles. The maximum atomic E-state index is 14.0. The highest BCUT2D eigenvalue weighted by atomic mass is 35.5. The molecule has 3 aromatic heterocycles. The summed E-state index contributed by atoms with van der Waals surface area (Å²) in [6, 6.07) is 8.10. The minimum absolute atomic E-state index is 0.0571. The first-order chi connectivity index (χ1) is 20.2. The predicted octanol–water partition coefficient (Wildman–Crippen LogP) is 3.89. The summed E-state index contributed by atoms with van der Waals surface area (Å²) in [4.78, 5) is 49.4. The van der Waals surface area contributed by atoms with Gasteiger partial charge in [0.2, 0.25) is 20.9 Å². The molecular weight excluding hydrogens is 599 g/mol. The van der Waals surface area contributed by atoms with Gasteiger partial charge < -0.3 is 14.8 Å². The highest BCUT2D eigenvalue weighted by molar-refractivity contribution is 7.90. The van der Waals surface area contributed by atoms with Crippen LogP contribution < -0.4 is 10.9 Å². The lowest BCUT2D eigenvalue weighted by atomic mass is 9.99. The molecule has 11 nitrogen and oxygen atoms in total. The Labute approximate surface area is 254 Å². The number of imidazole rings is 1. The highest BCUT2D eigenvalue weighted by Gasteiger charge is 2.41. The summed E-state index contributed by atoms with van der Waals surface area (Å²) < 4.78 is 41.0. The van der Waals surface area contributed by atoms with Crippen LogP contribution in [-0.2, 0) is 34.8 Å². The number of nitrogens with one attached hydrogen (secondary N) is 1. The molecule has 1 aliphatic heterocycles. The van der Waals surface area contributed by atoms with Crippen LogP contribution in [-0.4, -0.2) is 69.2 Å². The van der Waals surface area contributed by atoms with E-state index in [9.17, 15) is 27.2 Å². The number of pyridine rings is 2. The zero-order valence-electron chi connectivity index (χ0n) is 25.2. The first-order valence-electron chi connectivity index (χ1n) is 13.8. The number of amides is 2. The lowest BCUT2D eigenvalue weighted by molar-refractivity contribution is -0.144. The molecular formula is C29H36ClFN6O5S. The standard InChI is InChI=1S/C25H24ClFN6O5S.2C2H6/c1-25(27)12-32(13-25)19(34)11-33-21-16(20-18(10-28-21)30-24(31(20)2)39(3,37)38)8-17(23(33)36)22(35)29-9-14-4-6-15(26)7-5-14;2*1-2/h4-8,10H,9,11-13H2,1-3H3,(H,29,35);2*1-2H3. The van der Waals surface area contributed by atoms with Gasteiger partial charge in [-0.25, -0.2) is 22.8 Å². The van der Waals surface area contributed by atoms with Crippen molar-refractivity contribution in [2.75, 3.05) is 19.3 Å². The van der Waals surface area contributed by atoms with Crippen molar-refractivity contribution in [3.63, 3.8) is 0 Å². The first-order valence-corrected chi connectivity index (χ1v) is 16.1. The van der Waals surface area contributed by atoms with E-state index in [2.05, 4.69) is 15.3 Å². The fourth-order valence-electron chi connectivity index (χ4n) is 4.68. The van der Waals surface area contributed by atoms with Crippen LogP contribution in [0.1, 0.15) is 50.5 Å². The molecule has 0 radical (unpaired) electrons. The van der Waals surface area contributed by atoms with Crippen LogP contribution in [0.4, 0.5) is 4.39 Å². The van der Waals surface area contributed by atoms with Crippen molar-refractivity contribution in [1.29, 1.82) is 0 Å². The van der Waals surface area contributed by atoms with E-state index in [1.54, 1.807) is 24.3 Å². The van der Waals surface area contributed by atoms with Crippen LogP contribution in [0.2, 0.25) is 5.02 Å². The minimum Gasteiger partial charge on any atom is -0.348 e. The van der Waals surface area contributed by atoms with Crippen molar-refractivity contribution < 1.29 is 22.4 Å². The summed E-state index contributed by atoms with van der Waals surface area (Å²) in [6.07, 6.45) is 2.31. The fraction of sp³-hybridized carbons (Fsp3) is 0.414. The molecule has 1 aliphatic rings. The molecule has 1 aromatic carbocycles. The molecule has 0 bridgehead atoms. The molecule has 4 aromatic rings. The lowest BCUT2D eigenvalue weighted by Crippen LogP contribution is -2.60. The third kappa shape index (κ3) is 7.04. The van der Waals surface area contributed by atoms with Crippen LogP contribution in [0.25, 0.3) is 22.1 Å². The Hall–Kier alpha value is -3.84. The van der Waals surface area contributed by atoms with Gasteiger partial charge in [-0.15, -0.1) is 0 Å². The summed E-state index contributed by atoms with van der Waals surface area (Å²) in [5, 5.41) is 3.25. The number of carbonyl (C=O) groups excluding carboxylic acids is 2. The average Bonchev–Trinajstić information content (AvgIpc) is 3.31. The van der Waals surface area contributed by atoms with E-state index in [1.165, 1.54) is 35.7 Å². The number of rotatable bonds is 6. The molecule has 4 heterocycles. The van der Waals surface area contributed by atoms with Gasteiger partial charge in [-0.05, 0) is 30.7 Å². The molecule has 0 spiro atoms. The molecule has 2 amide bonds. The Morgan fingerprint density at radius 2 is 1.72 bits per heavy atom. The van der Waals surface area contributed by atoms with Gasteiger partial charge in [0.05, 0.1) is 24.8 Å². The Morgan fingerprint density at radius 3 is 2.28 bits per heavy atom. The number of alkyl halides is 1. The van der Waals surface area contributed by atoms with Crippen LogP contribution in [0, 0.1) is 0 Å². The number of hydrogen-bond acceptors (Lipinski definition) is 7. The van der Waals surface area contributed by atoms with Crippen molar-refractivity contribution in [3.8, 4) is 0 Å². The molecule has 1 saturated heterocycles. The van der Waals surface area contributed by atoms with Gasteiger partial charge >= 0.3 is 0 Å². The molecule has 14 heteroatoms. The lowest BCUT2D eigenvalue weighted by Gasteiger charge is -2.42. The molecule has 43 heavy (non-hydrogen) atoms. The Balaban J connectivity index is 0.00000121. The smallest absolute Gasteiger partial charge is 0.265 e. The number of halogens is 2. The number of hydrogen-bond donors (Lipinski definition) is 1. The minimum atomic E-state index is -3.72. The van der Waals surface area contributed by atoms with E-state index in [4.69, 9.17) is 11.6 Å². The van der Waals surface area contributed by atoms with Gasteiger partial charge in [0.25, 0.3) is 11.5 Å². The number of likely N-dealkylation sites (tertiary alicyclic amines) is 1. The van der Waals surface area contributed by atoms with E-state index in [0.717, 1.165) is 16.4 Å². The van der Waals surface area contributed by atoms with E-state index in [-0.39, 0.29) is 46.9 Å². The Bertz CT molecular complexity index is 1830. The second kappa shape index (κ2) is 13.2. The van der Waals surface area contributed by atoms with E-state index < -0.39 is 39.4 Å². The number of aromatic nitrogens is 4. The number of aryl methyl sites for hydroxylation is 1. The normalized spacial score (nSPS) is 13.8. The largest absolute Gasteiger partial charge is 0.348 e. The first kappa shape index (κ1) is 33.7. The van der Waals surface area contributed by atoms with Crippen molar-refractivity contribution >= 4 is 55.3 Å². The van der Waals surface area contributed by atoms with Gasteiger partial charge in [0, 0.05) is 30.3 Å². The molecule has 232 valence electrons. The van der Waals surface area contributed by atoms with Crippen molar-refractivity contribution in [2.24, 2.45) is 7.05 Å². The number of carbonyl (C=O) groups is 2. The topological polar surface area (TPSA) is 136 Å². The van der Waals surface area contributed by atoms with Gasteiger partial charge in [-0.1, -0.05) is 51.4 Å². The molecule has 1 N–H and O–H groups in total. The summed E-state index contributed by atoms with van der Waals surface area (Å²) in [7, 11) is -2.22. The number of benzene rings is 1. The third-order valence-corrected chi connectivity index (χ3v) is 7.82. The molecule has 5 rings (SSSR count). The van der Waals surface area contributed by atoms with E-state index in [1.807, 2.05) is 27.7 Å². The average molecular weight is 635 g/mol. The summed E-state index contributed by atoms with van der Waals surface area (Å²) in [5.41, 5.74) is -1.22. The van der Waals surface area contributed by atoms with Crippen molar-refractivity contribution in [1.82, 2.24) is 29.3 Å². The van der Waals surface area contributed by atoms with Crippen LogP contribution >= 0.6 is 11.6 Å². The Morgan fingerprint density at radius 1 is 1.12 bits per heavy atom. The summed E-state index contributed by atoms with van der Waals surface area (Å²) >= 11 is 5.91. The van der Waals surface area contributed by atoms with Crippen LogP contribution in [0.5, 0.6) is 0 Å². The number of nitrogens with zero attached hydrogens (tertiary/aromatic N) is 5. The molecule has 0 atom stereocenters. The molecule has 1 fully saturated rings. The predicted molar refractivity (Wildman–Crippen MR) is 165 cm³/mol. The number of sulfone groups is 1. The van der Waals surface area contributed by atoms with Gasteiger partial charge in [-0.3, -0.25) is 19.0 Å². The zero-order valence-corrected chi connectivity index (χ0v) is 26.8. The third-order valence-electron chi connectivity index (χ3n) is 6.54. The van der Waals surface area contributed by atoms with Crippen molar-refractivity contribution in [3.05, 3.63) is 63.0 Å². The van der Waals surface area contributed by atoms with Gasteiger partial charge in [-0.2, -0.15) is 0 Å². The maximum absolute atomic E-state index is 14.0.